The number of aromatic nitrogens is 6. The largest absolute Gasteiger partial charge is 0.382 e. The van der Waals surface area contributed by atoms with E-state index in [9.17, 15) is 4.79 Å². The van der Waals surface area contributed by atoms with Crippen molar-refractivity contribution >= 4 is 11.6 Å². The molecular formula is C22H23N7O3. The molecule has 0 atom stereocenters. The number of H-pyrrole nitrogens is 1. The van der Waals surface area contributed by atoms with Gasteiger partial charge in [-0.25, -0.2) is 4.98 Å². The number of nitrogens with zero attached hydrogens (tertiary/aromatic N) is 5. The first-order valence-electron chi connectivity index (χ1n) is 10.1. The lowest BCUT2D eigenvalue weighted by molar-refractivity contribution is 0.0654. The Labute approximate surface area is 184 Å². The smallest absolute Gasteiger partial charge is 0.274 e. The molecule has 10 heteroatoms. The maximum Gasteiger partial charge on any atom is 0.274 e. The van der Waals surface area contributed by atoms with Crippen molar-refractivity contribution in [2.45, 2.75) is 6.54 Å². The first-order valence-corrected chi connectivity index (χ1v) is 10.1. The average Bonchev–Trinajstić information content (AvgIpc) is 3.50. The van der Waals surface area contributed by atoms with Gasteiger partial charge in [0, 0.05) is 31.3 Å². The van der Waals surface area contributed by atoms with Crippen LogP contribution in [0.5, 0.6) is 0 Å². The molecule has 0 saturated carbocycles. The summed E-state index contributed by atoms with van der Waals surface area (Å²) in [6, 6.07) is 10.8. The number of ether oxygens (including phenoxy) is 2. The number of methoxy groups -OCH3 is 1. The van der Waals surface area contributed by atoms with Gasteiger partial charge < -0.3 is 14.8 Å². The van der Waals surface area contributed by atoms with Crippen LogP contribution < -0.4 is 5.32 Å². The molecule has 0 saturated heterocycles. The topological polar surface area (TPSA) is 120 Å². The van der Waals surface area contributed by atoms with Crippen LogP contribution >= 0.6 is 0 Å². The Bertz CT molecular complexity index is 1140. The third-order valence-electron chi connectivity index (χ3n) is 4.59. The number of hydrogen-bond acceptors (Lipinski definition) is 7. The number of hydrogen-bond donors (Lipinski definition) is 2. The monoisotopic (exact) mass is 433 g/mol. The van der Waals surface area contributed by atoms with Gasteiger partial charge in [-0.2, -0.15) is 10.2 Å². The number of aromatic amines is 1. The van der Waals surface area contributed by atoms with Crippen LogP contribution in [0.2, 0.25) is 0 Å². The maximum atomic E-state index is 13.0. The molecule has 0 bridgehead atoms. The molecule has 0 spiro atoms. The van der Waals surface area contributed by atoms with E-state index in [0.29, 0.717) is 49.1 Å². The Kier molecular flexibility index (Phi) is 6.95. The molecule has 0 aromatic carbocycles. The van der Waals surface area contributed by atoms with E-state index in [4.69, 9.17) is 9.47 Å². The van der Waals surface area contributed by atoms with Gasteiger partial charge in [0.15, 0.2) is 0 Å². The Morgan fingerprint density at radius 1 is 1.12 bits per heavy atom. The fourth-order valence-corrected chi connectivity index (χ4v) is 3.02. The molecule has 0 radical (unpaired) electrons. The molecule has 4 aromatic heterocycles. The minimum absolute atomic E-state index is 0.284. The molecule has 10 nitrogen and oxygen atoms in total. The van der Waals surface area contributed by atoms with E-state index in [0.717, 1.165) is 5.56 Å². The summed E-state index contributed by atoms with van der Waals surface area (Å²) in [4.78, 5) is 21.8. The predicted octanol–water partition coefficient (Wildman–Crippen LogP) is 2.65. The number of carbonyl (C=O) groups is 1. The van der Waals surface area contributed by atoms with E-state index < -0.39 is 0 Å². The number of anilines is 1. The van der Waals surface area contributed by atoms with Gasteiger partial charge in [0.25, 0.3) is 5.91 Å². The van der Waals surface area contributed by atoms with E-state index in [2.05, 4.69) is 30.6 Å². The fraction of sp³-hybridized carbons (Fsp3) is 0.227. The van der Waals surface area contributed by atoms with Gasteiger partial charge in [-0.05, 0) is 24.3 Å². The molecule has 0 aliphatic rings. The molecule has 0 fully saturated rings. The first kappa shape index (κ1) is 21.3. The molecule has 0 unspecified atom stereocenters. The number of rotatable bonds is 10. The van der Waals surface area contributed by atoms with Crippen LogP contribution in [0.15, 0.2) is 61.2 Å². The number of carbonyl (C=O) groups excluding carboxylic acids is 1. The summed E-state index contributed by atoms with van der Waals surface area (Å²) in [5.74, 6) is -0.344. The Hall–Kier alpha value is -3.89. The molecule has 0 aliphatic heterocycles. The highest BCUT2D eigenvalue weighted by Gasteiger charge is 2.17. The van der Waals surface area contributed by atoms with E-state index in [1.165, 1.54) is 0 Å². The lowest BCUT2D eigenvalue weighted by atomic mass is 10.2. The van der Waals surface area contributed by atoms with Crippen molar-refractivity contribution in [3.8, 4) is 22.6 Å². The molecule has 2 N–H and O–H groups in total. The minimum Gasteiger partial charge on any atom is -0.382 e. The van der Waals surface area contributed by atoms with Crippen molar-refractivity contribution in [2.75, 3.05) is 32.2 Å². The van der Waals surface area contributed by atoms with Gasteiger partial charge in [-0.15, -0.1) is 0 Å². The summed E-state index contributed by atoms with van der Waals surface area (Å²) in [6.45, 7) is 2.03. The number of pyridine rings is 2. The van der Waals surface area contributed by atoms with Crippen molar-refractivity contribution in [3.05, 3.63) is 66.9 Å². The van der Waals surface area contributed by atoms with Gasteiger partial charge in [0.2, 0.25) is 0 Å². The molecule has 4 rings (SSSR count). The zero-order valence-electron chi connectivity index (χ0n) is 17.6. The summed E-state index contributed by atoms with van der Waals surface area (Å²) in [7, 11) is 1.63. The average molecular weight is 433 g/mol. The Morgan fingerprint density at radius 3 is 2.81 bits per heavy atom. The molecule has 4 heterocycles. The van der Waals surface area contributed by atoms with Gasteiger partial charge in [-0.3, -0.25) is 19.6 Å². The summed E-state index contributed by atoms with van der Waals surface area (Å²) >= 11 is 0. The van der Waals surface area contributed by atoms with Gasteiger partial charge >= 0.3 is 0 Å². The third-order valence-corrected chi connectivity index (χ3v) is 4.59. The lowest BCUT2D eigenvalue weighted by Gasteiger charge is -2.06. The number of nitrogens with one attached hydrogen (secondary N) is 2. The molecule has 0 aliphatic carbocycles. The van der Waals surface area contributed by atoms with Crippen LogP contribution in [0, 0.1) is 0 Å². The first-order chi connectivity index (χ1) is 15.7. The van der Waals surface area contributed by atoms with Crippen LogP contribution in [0.3, 0.4) is 0 Å². The van der Waals surface area contributed by atoms with Crippen molar-refractivity contribution in [3.63, 3.8) is 0 Å². The van der Waals surface area contributed by atoms with Crippen LogP contribution in [0.25, 0.3) is 22.6 Å². The van der Waals surface area contributed by atoms with Gasteiger partial charge in [-0.1, -0.05) is 12.1 Å². The van der Waals surface area contributed by atoms with Crippen molar-refractivity contribution in [2.24, 2.45) is 0 Å². The lowest BCUT2D eigenvalue weighted by Crippen LogP contribution is -2.14. The normalized spacial score (nSPS) is 10.9. The third kappa shape index (κ3) is 5.23. The predicted molar refractivity (Wildman–Crippen MR) is 118 cm³/mol. The van der Waals surface area contributed by atoms with Crippen LogP contribution in [-0.2, 0) is 16.0 Å². The quantitative estimate of drug-likeness (QED) is 0.369. The summed E-state index contributed by atoms with van der Waals surface area (Å²) < 4.78 is 12.2. The summed E-state index contributed by atoms with van der Waals surface area (Å²) in [6.07, 6.45) is 6.83. The Morgan fingerprint density at radius 2 is 2.03 bits per heavy atom. The van der Waals surface area contributed by atoms with Crippen molar-refractivity contribution in [1.82, 2.24) is 29.9 Å². The van der Waals surface area contributed by atoms with Gasteiger partial charge in [0.1, 0.15) is 11.4 Å². The SMILES string of the molecule is COCCOCCn1cc(NC(=O)c2cccc(-c3cn[nH]c3)n2)c(-c2ccccn2)n1. The van der Waals surface area contributed by atoms with Crippen molar-refractivity contribution < 1.29 is 14.3 Å². The maximum absolute atomic E-state index is 13.0. The Balaban J connectivity index is 1.54. The van der Waals surface area contributed by atoms with Crippen LogP contribution in [0.1, 0.15) is 10.5 Å². The second kappa shape index (κ2) is 10.4. The van der Waals surface area contributed by atoms with Crippen LogP contribution in [0.4, 0.5) is 5.69 Å². The number of amides is 1. The molecule has 32 heavy (non-hydrogen) atoms. The summed E-state index contributed by atoms with van der Waals surface area (Å²) in [5, 5.41) is 14.2. The van der Waals surface area contributed by atoms with Gasteiger partial charge in [0.05, 0.1) is 49.6 Å². The van der Waals surface area contributed by atoms with Crippen LogP contribution in [-0.4, -0.2) is 62.8 Å². The van der Waals surface area contributed by atoms with E-state index in [1.54, 1.807) is 48.7 Å². The molecule has 4 aromatic rings. The molecular weight excluding hydrogens is 410 g/mol. The second-order valence-electron chi connectivity index (χ2n) is 6.82. The second-order valence-corrected chi connectivity index (χ2v) is 6.82. The van der Waals surface area contributed by atoms with E-state index in [-0.39, 0.29) is 11.6 Å². The fourth-order valence-electron chi connectivity index (χ4n) is 3.02. The minimum atomic E-state index is -0.344. The highest BCUT2D eigenvalue weighted by atomic mass is 16.5. The highest BCUT2D eigenvalue weighted by Crippen LogP contribution is 2.25. The van der Waals surface area contributed by atoms with E-state index in [1.807, 2.05) is 24.3 Å². The molecule has 1 amide bonds. The molecule has 164 valence electrons. The van der Waals surface area contributed by atoms with Crippen molar-refractivity contribution in [1.29, 1.82) is 0 Å². The standard InChI is InChI=1S/C22H23N7O3/c1-31-11-12-32-10-9-29-15-20(21(28-29)18-5-2-3-8-23-18)27-22(30)19-7-4-6-17(26-19)16-13-24-25-14-16/h2-8,13-15H,9-12H2,1H3,(H,24,25)(H,27,30). The summed E-state index contributed by atoms with van der Waals surface area (Å²) in [5.41, 5.74) is 3.51. The van der Waals surface area contributed by atoms with E-state index >= 15 is 0 Å². The zero-order valence-corrected chi connectivity index (χ0v) is 17.6. The zero-order chi connectivity index (χ0) is 22.2. The highest BCUT2D eigenvalue weighted by molar-refractivity contribution is 6.04.